The molecule has 1 aromatic rings. The van der Waals surface area contributed by atoms with Gasteiger partial charge in [0, 0.05) is 49.1 Å². The number of hydrogen-bond donors (Lipinski definition) is 2. The number of carbonyl (C=O) groups is 2. The molecule has 9 heteroatoms. The quantitative estimate of drug-likeness (QED) is 0.414. The number of nitrogens with zero attached hydrogens (tertiary/aromatic N) is 2. The van der Waals surface area contributed by atoms with Gasteiger partial charge in [0.2, 0.25) is 0 Å². The second-order valence-electron chi connectivity index (χ2n) is 11.8. The van der Waals surface area contributed by atoms with E-state index in [9.17, 15) is 14.7 Å². The van der Waals surface area contributed by atoms with Gasteiger partial charge in [-0.15, -0.1) is 0 Å². The first-order chi connectivity index (χ1) is 18.2. The van der Waals surface area contributed by atoms with Gasteiger partial charge in [-0.3, -0.25) is 9.69 Å². The SMILES string of the molecule is CC[C@]12C=CCN3CC[C@@]4(c5ccc(OC)cc5N(C)[C@H]4C(O)(CNC(=O)OCC4CC4)[C@@H]1OC(C)=O)[C@@H]32. The van der Waals surface area contributed by atoms with Crippen LogP contribution in [0.2, 0.25) is 0 Å². The van der Waals surface area contributed by atoms with Crippen molar-refractivity contribution in [3.8, 4) is 5.75 Å². The van der Waals surface area contributed by atoms with Crippen molar-refractivity contribution in [3.05, 3.63) is 35.9 Å². The second-order valence-corrected chi connectivity index (χ2v) is 11.8. The van der Waals surface area contributed by atoms with Crippen LogP contribution in [0.4, 0.5) is 10.5 Å². The second kappa shape index (κ2) is 8.88. The molecule has 3 fully saturated rings. The van der Waals surface area contributed by atoms with E-state index in [0.29, 0.717) is 18.9 Å². The number of fused-ring (bicyclic) bond motifs is 1. The fraction of sp³-hybridized carbons (Fsp3) is 0.655. The maximum absolute atomic E-state index is 12.9. The summed E-state index contributed by atoms with van der Waals surface area (Å²) in [7, 11) is 3.64. The smallest absolute Gasteiger partial charge is 0.407 e. The molecule has 5 aliphatic rings. The first-order valence-corrected chi connectivity index (χ1v) is 13.8. The largest absolute Gasteiger partial charge is 0.497 e. The first kappa shape index (κ1) is 25.5. The summed E-state index contributed by atoms with van der Waals surface area (Å²) >= 11 is 0. The third-order valence-electron chi connectivity index (χ3n) is 9.88. The number of hydrogen-bond acceptors (Lipinski definition) is 8. The van der Waals surface area contributed by atoms with Crippen LogP contribution in [0.5, 0.6) is 5.75 Å². The van der Waals surface area contributed by atoms with Crippen molar-refractivity contribution < 1.29 is 28.9 Å². The maximum atomic E-state index is 12.9. The van der Waals surface area contributed by atoms with Crippen LogP contribution in [0, 0.1) is 11.3 Å². The monoisotopic (exact) mass is 525 g/mol. The summed E-state index contributed by atoms with van der Waals surface area (Å²) in [6, 6.07) is 5.71. The summed E-state index contributed by atoms with van der Waals surface area (Å²) in [6.07, 6.45) is 6.54. The third-order valence-corrected chi connectivity index (χ3v) is 9.88. The summed E-state index contributed by atoms with van der Waals surface area (Å²) in [5, 5.41) is 15.8. The van der Waals surface area contributed by atoms with Gasteiger partial charge in [0.1, 0.15) is 17.5 Å². The molecule has 1 spiro atoms. The molecule has 1 saturated heterocycles. The Balaban J connectivity index is 1.50. The lowest BCUT2D eigenvalue weighted by molar-refractivity contribution is -0.217. The van der Waals surface area contributed by atoms with Gasteiger partial charge in [0.15, 0.2) is 0 Å². The fourth-order valence-electron chi connectivity index (χ4n) is 8.39. The van der Waals surface area contributed by atoms with Gasteiger partial charge in [-0.1, -0.05) is 25.1 Å². The molecule has 0 radical (unpaired) electrons. The minimum absolute atomic E-state index is 0.0125. The Labute approximate surface area is 224 Å². The summed E-state index contributed by atoms with van der Waals surface area (Å²) in [5.74, 6) is 0.725. The molecule has 9 nitrogen and oxygen atoms in total. The minimum Gasteiger partial charge on any atom is -0.497 e. The molecule has 1 unspecified atom stereocenters. The van der Waals surface area contributed by atoms with Crippen LogP contribution in [0.25, 0.3) is 0 Å². The standard InChI is InChI=1S/C29H39N3O6/c1-5-27-11-6-13-32-14-12-28(23(27)32)21-10-9-20(36-4)15-22(21)31(3)24(28)29(35,25(27)38-18(2)33)17-30-26(34)37-16-19-7-8-19/h6,9-11,15,19,23-25,35H,5,7-8,12-14,16-17H2,1-4H3,(H,30,34)/t23-,24+,25+,27+,28+,29?/m0/s1. The molecule has 3 heterocycles. The lowest BCUT2D eigenvalue weighted by Gasteiger charge is -2.64. The van der Waals surface area contributed by atoms with Gasteiger partial charge in [-0.2, -0.15) is 0 Å². The maximum Gasteiger partial charge on any atom is 0.407 e. The van der Waals surface area contributed by atoms with Crippen LogP contribution in [-0.2, 0) is 19.7 Å². The highest BCUT2D eigenvalue weighted by molar-refractivity contribution is 5.72. The average Bonchev–Trinajstić information content (AvgIpc) is 3.62. The van der Waals surface area contributed by atoms with E-state index in [0.717, 1.165) is 43.8 Å². The number of rotatable bonds is 7. The van der Waals surface area contributed by atoms with Gasteiger partial charge in [-0.25, -0.2) is 4.79 Å². The number of esters is 1. The normalized spacial score (nSPS) is 36.8. The highest BCUT2D eigenvalue weighted by Gasteiger charge is 2.77. The van der Waals surface area contributed by atoms with E-state index in [4.69, 9.17) is 14.2 Å². The number of alkyl carbamates (subject to hydrolysis) is 1. The number of anilines is 1. The van der Waals surface area contributed by atoms with E-state index in [-0.39, 0.29) is 12.6 Å². The van der Waals surface area contributed by atoms with Crippen LogP contribution in [0.1, 0.15) is 45.1 Å². The number of ether oxygens (including phenoxy) is 3. The molecule has 2 aliphatic carbocycles. The number of carbonyl (C=O) groups excluding carboxylic acids is 2. The van der Waals surface area contributed by atoms with E-state index in [2.05, 4.69) is 40.3 Å². The number of amides is 1. The Morgan fingerprint density at radius 2 is 2.03 bits per heavy atom. The molecule has 6 rings (SSSR count). The zero-order valence-corrected chi connectivity index (χ0v) is 22.7. The molecule has 206 valence electrons. The van der Waals surface area contributed by atoms with E-state index >= 15 is 0 Å². The predicted molar refractivity (Wildman–Crippen MR) is 141 cm³/mol. The van der Waals surface area contributed by atoms with Crippen LogP contribution in [-0.4, -0.2) is 86.3 Å². The van der Waals surface area contributed by atoms with E-state index in [1.165, 1.54) is 12.5 Å². The Hall–Kier alpha value is -2.78. The topological polar surface area (TPSA) is 101 Å². The molecule has 0 aromatic heterocycles. The zero-order valence-electron chi connectivity index (χ0n) is 22.7. The van der Waals surface area contributed by atoms with Crippen molar-refractivity contribution in [2.75, 3.05) is 45.3 Å². The molecule has 0 bridgehead atoms. The van der Waals surface area contributed by atoms with Gasteiger partial charge in [0.05, 0.1) is 26.3 Å². The molecule has 2 N–H and O–H groups in total. The van der Waals surface area contributed by atoms with Gasteiger partial charge in [-0.05, 0) is 49.8 Å². The Kier molecular flexibility index (Phi) is 5.96. The minimum atomic E-state index is -1.60. The van der Waals surface area contributed by atoms with E-state index in [1.807, 2.05) is 19.2 Å². The Morgan fingerprint density at radius 1 is 1.24 bits per heavy atom. The summed E-state index contributed by atoms with van der Waals surface area (Å²) in [5.41, 5.74) is -0.526. The molecular weight excluding hydrogens is 486 g/mol. The van der Waals surface area contributed by atoms with Crippen molar-refractivity contribution in [2.24, 2.45) is 11.3 Å². The number of methoxy groups -OCH3 is 1. The van der Waals surface area contributed by atoms with Crippen molar-refractivity contribution in [3.63, 3.8) is 0 Å². The fourth-order valence-corrected chi connectivity index (χ4v) is 8.39. The molecule has 2 saturated carbocycles. The van der Waals surface area contributed by atoms with Crippen LogP contribution in [0.15, 0.2) is 30.4 Å². The molecular formula is C29H39N3O6. The molecule has 38 heavy (non-hydrogen) atoms. The van der Waals surface area contributed by atoms with Crippen molar-refractivity contribution >= 4 is 17.7 Å². The van der Waals surface area contributed by atoms with E-state index in [1.54, 1.807) is 7.11 Å². The summed E-state index contributed by atoms with van der Waals surface area (Å²) in [6.45, 7) is 5.45. The predicted octanol–water partition coefficient (Wildman–Crippen LogP) is 2.60. The van der Waals surface area contributed by atoms with Crippen LogP contribution in [0.3, 0.4) is 0 Å². The van der Waals surface area contributed by atoms with Crippen molar-refractivity contribution in [1.82, 2.24) is 10.2 Å². The van der Waals surface area contributed by atoms with Crippen molar-refractivity contribution in [2.45, 2.75) is 68.7 Å². The molecule has 1 amide bonds. The summed E-state index contributed by atoms with van der Waals surface area (Å²) in [4.78, 5) is 29.9. The lowest BCUT2D eigenvalue weighted by atomic mass is 9.47. The van der Waals surface area contributed by atoms with Crippen LogP contribution >= 0.6 is 0 Å². The number of likely N-dealkylation sites (N-methyl/N-ethyl adjacent to an activating group) is 1. The molecule has 1 aromatic carbocycles. The van der Waals surface area contributed by atoms with Gasteiger partial charge in [0.25, 0.3) is 0 Å². The molecule has 3 aliphatic heterocycles. The van der Waals surface area contributed by atoms with Gasteiger partial charge >= 0.3 is 12.1 Å². The van der Waals surface area contributed by atoms with Crippen LogP contribution < -0.4 is 15.0 Å². The lowest BCUT2D eigenvalue weighted by Crippen LogP contribution is -2.81. The Morgan fingerprint density at radius 3 is 2.71 bits per heavy atom. The number of benzene rings is 1. The number of nitrogens with one attached hydrogen (secondary N) is 1. The zero-order chi connectivity index (χ0) is 26.9. The Bertz CT molecular complexity index is 1170. The first-order valence-electron chi connectivity index (χ1n) is 13.8. The van der Waals surface area contributed by atoms with Crippen molar-refractivity contribution in [1.29, 1.82) is 0 Å². The highest BCUT2D eigenvalue weighted by Crippen LogP contribution is 2.67. The van der Waals surface area contributed by atoms with E-state index < -0.39 is 40.6 Å². The van der Waals surface area contributed by atoms with Gasteiger partial charge < -0.3 is 29.5 Å². The average molecular weight is 526 g/mol. The molecule has 6 atom stereocenters. The summed E-state index contributed by atoms with van der Waals surface area (Å²) < 4.78 is 17.1. The number of aliphatic hydroxyl groups is 1. The highest BCUT2D eigenvalue weighted by atomic mass is 16.6. The third kappa shape index (κ3) is 3.43.